The molecule has 1 aromatic heterocycles. The van der Waals surface area contributed by atoms with Gasteiger partial charge >= 0.3 is 0 Å². The molecule has 1 heterocycles. The molecule has 6 heteroatoms. The van der Waals surface area contributed by atoms with Crippen LogP contribution in [0.5, 0.6) is 0 Å². The molecule has 0 spiro atoms. The first-order chi connectivity index (χ1) is 7.29. The Balaban J connectivity index is 2.58. The van der Waals surface area contributed by atoms with Gasteiger partial charge in [-0.25, -0.2) is 0 Å². The van der Waals surface area contributed by atoms with Crippen LogP contribution in [0.25, 0.3) is 0 Å². The number of aliphatic hydroxyl groups excluding tert-OH is 1. The van der Waals surface area contributed by atoms with E-state index in [2.05, 4.69) is 9.68 Å². The van der Waals surface area contributed by atoms with Crippen LogP contribution in [0.2, 0.25) is 0 Å². The van der Waals surface area contributed by atoms with Crippen molar-refractivity contribution in [3.8, 4) is 0 Å². The summed E-state index contributed by atoms with van der Waals surface area (Å²) in [5.41, 5.74) is 0.236. The molecule has 0 aliphatic heterocycles. The second-order valence-corrected chi connectivity index (χ2v) is 2.89. The van der Waals surface area contributed by atoms with Gasteiger partial charge in [-0.3, -0.25) is 4.79 Å². The van der Waals surface area contributed by atoms with Crippen LogP contribution in [0, 0.1) is 0 Å². The van der Waals surface area contributed by atoms with Gasteiger partial charge in [0.05, 0.1) is 13.2 Å². The largest absolute Gasteiger partial charge is 0.395 e. The van der Waals surface area contributed by atoms with Crippen molar-refractivity contribution in [1.82, 2.24) is 10.1 Å². The summed E-state index contributed by atoms with van der Waals surface area (Å²) in [5, 5.41) is 12.3. The van der Waals surface area contributed by atoms with Gasteiger partial charge in [0.1, 0.15) is 6.26 Å². The van der Waals surface area contributed by atoms with Gasteiger partial charge in [-0.1, -0.05) is 5.16 Å². The highest BCUT2D eigenvalue weighted by Crippen LogP contribution is 2.01. The smallest absolute Gasteiger partial charge is 0.276 e. The van der Waals surface area contributed by atoms with Crippen molar-refractivity contribution >= 4 is 5.91 Å². The first-order valence-corrected chi connectivity index (χ1v) is 4.59. The van der Waals surface area contributed by atoms with Crippen molar-refractivity contribution in [3.63, 3.8) is 0 Å². The van der Waals surface area contributed by atoms with E-state index in [0.717, 1.165) is 0 Å². The second kappa shape index (κ2) is 6.15. The number of rotatable bonds is 6. The van der Waals surface area contributed by atoms with Crippen molar-refractivity contribution in [1.29, 1.82) is 0 Å². The van der Waals surface area contributed by atoms with E-state index in [4.69, 9.17) is 9.84 Å². The number of nitrogens with zero attached hydrogens (tertiary/aromatic N) is 2. The number of carbonyl (C=O) groups is 1. The molecule has 0 fully saturated rings. The normalized spacial score (nSPS) is 10.3. The molecular weight excluding hydrogens is 200 g/mol. The lowest BCUT2D eigenvalue weighted by Crippen LogP contribution is -2.36. The average molecular weight is 214 g/mol. The Kier molecular flexibility index (Phi) is 4.79. The molecule has 84 valence electrons. The lowest BCUT2D eigenvalue weighted by molar-refractivity contribution is 0.0646. The van der Waals surface area contributed by atoms with Crippen molar-refractivity contribution in [2.75, 3.05) is 33.4 Å². The summed E-state index contributed by atoms with van der Waals surface area (Å²) < 4.78 is 9.44. The van der Waals surface area contributed by atoms with E-state index in [0.29, 0.717) is 13.2 Å². The van der Waals surface area contributed by atoms with E-state index >= 15 is 0 Å². The molecule has 0 saturated heterocycles. The predicted molar refractivity (Wildman–Crippen MR) is 51.4 cm³/mol. The third-order valence-electron chi connectivity index (χ3n) is 1.88. The third-order valence-corrected chi connectivity index (χ3v) is 1.88. The Morgan fingerprint density at radius 1 is 1.67 bits per heavy atom. The summed E-state index contributed by atoms with van der Waals surface area (Å²) in [6.45, 7) is 1.01. The molecule has 0 aliphatic rings. The van der Waals surface area contributed by atoms with Crippen LogP contribution in [0.1, 0.15) is 10.5 Å². The van der Waals surface area contributed by atoms with Gasteiger partial charge in [-0.15, -0.1) is 0 Å². The van der Waals surface area contributed by atoms with E-state index in [-0.39, 0.29) is 24.8 Å². The Hall–Kier alpha value is -1.40. The minimum atomic E-state index is -0.269. The number of methoxy groups -OCH3 is 1. The number of hydrogen-bond acceptors (Lipinski definition) is 5. The van der Waals surface area contributed by atoms with Crippen molar-refractivity contribution < 1.29 is 19.2 Å². The van der Waals surface area contributed by atoms with Crippen LogP contribution in [0.4, 0.5) is 0 Å². The molecular formula is C9H14N2O4. The number of carbonyl (C=O) groups excluding carboxylic acids is 1. The minimum Gasteiger partial charge on any atom is -0.395 e. The average Bonchev–Trinajstić information content (AvgIpc) is 2.76. The standard InChI is InChI=1S/C9H14N2O4/c1-14-7-4-11(3-5-12)9(13)8-2-6-15-10-8/h2,6,12H,3-5,7H2,1H3. The molecule has 0 radical (unpaired) electrons. The fourth-order valence-electron chi connectivity index (χ4n) is 1.12. The Morgan fingerprint density at radius 3 is 3.00 bits per heavy atom. The number of ether oxygens (including phenoxy) is 1. The summed E-state index contributed by atoms with van der Waals surface area (Å²) >= 11 is 0. The molecule has 6 nitrogen and oxygen atoms in total. The van der Waals surface area contributed by atoms with E-state index in [1.807, 2.05) is 0 Å². The zero-order valence-electron chi connectivity index (χ0n) is 8.55. The van der Waals surface area contributed by atoms with Gasteiger partial charge in [-0.05, 0) is 0 Å². The lowest BCUT2D eigenvalue weighted by Gasteiger charge is -2.19. The van der Waals surface area contributed by atoms with Gasteiger partial charge in [0.2, 0.25) is 0 Å². The second-order valence-electron chi connectivity index (χ2n) is 2.89. The maximum absolute atomic E-state index is 11.7. The van der Waals surface area contributed by atoms with Crippen LogP contribution >= 0.6 is 0 Å². The molecule has 0 aliphatic carbocycles. The summed E-state index contributed by atoms with van der Waals surface area (Å²) in [5.74, 6) is -0.269. The SMILES string of the molecule is COCCN(CCO)C(=O)c1ccon1. The monoisotopic (exact) mass is 214 g/mol. The number of amides is 1. The molecule has 0 saturated carbocycles. The van der Waals surface area contributed by atoms with Crippen molar-refractivity contribution in [3.05, 3.63) is 18.0 Å². The molecule has 0 aromatic carbocycles. The highest BCUT2D eigenvalue weighted by atomic mass is 16.5. The molecule has 1 N–H and O–H groups in total. The Bertz CT molecular complexity index is 286. The molecule has 1 amide bonds. The molecule has 1 rings (SSSR count). The third kappa shape index (κ3) is 3.34. The highest BCUT2D eigenvalue weighted by Gasteiger charge is 2.17. The first-order valence-electron chi connectivity index (χ1n) is 4.59. The summed E-state index contributed by atoms with van der Waals surface area (Å²) in [6.07, 6.45) is 1.33. The van der Waals surface area contributed by atoms with Crippen LogP contribution in [0.3, 0.4) is 0 Å². The molecule has 1 aromatic rings. The highest BCUT2D eigenvalue weighted by molar-refractivity contribution is 5.92. The van der Waals surface area contributed by atoms with Gasteiger partial charge in [0.15, 0.2) is 5.69 Å². The van der Waals surface area contributed by atoms with Crippen LogP contribution < -0.4 is 0 Å². The van der Waals surface area contributed by atoms with Crippen LogP contribution in [-0.4, -0.2) is 54.5 Å². The van der Waals surface area contributed by atoms with E-state index in [1.165, 1.54) is 17.2 Å². The summed E-state index contributed by atoms with van der Waals surface area (Å²) in [6, 6.07) is 1.49. The maximum Gasteiger partial charge on any atom is 0.276 e. The molecule has 0 unspecified atom stereocenters. The summed E-state index contributed by atoms with van der Waals surface area (Å²) in [4.78, 5) is 13.2. The van der Waals surface area contributed by atoms with Gasteiger partial charge in [0.25, 0.3) is 5.91 Å². The Labute approximate surface area is 87.4 Å². The number of aliphatic hydroxyl groups is 1. The number of aromatic nitrogens is 1. The van der Waals surface area contributed by atoms with Crippen molar-refractivity contribution in [2.45, 2.75) is 0 Å². The minimum absolute atomic E-state index is 0.0900. The maximum atomic E-state index is 11.7. The lowest BCUT2D eigenvalue weighted by atomic mass is 10.3. The number of hydrogen-bond donors (Lipinski definition) is 1. The van der Waals surface area contributed by atoms with Crippen LogP contribution in [0.15, 0.2) is 16.9 Å². The Morgan fingerprint density at radius 2 is 2.47 bits per heavy atom. The first kappa shape index (κ1) is 11.7. The molecule has 0 bridgehead atoms. The zero-order valence-corrected chi connectivity index (χ0v) is 8.55. The van der Waals surface area contributed by atoms with Gasteiger partial charge < -0.3 is 19.3 Å². The fraction of sp³-hybridized carbons (Fsp3) is 0.556. The van der Waals surface area contributed by atoms with Gasteiger partial charge in [-0.2, -0.15) is 0 Å². The topological polar surface area (TPSA) is 75.8 Å². The molecule has 15 heavy (non-hydrogen) atoms. The fourth-order valence-corrected chi connectivity index (χ4v) is 1.12. The van der Waals surface area contributed by atoms with E-state index in [9.17, 15) is 4.79 Å². The van der Waals surface area contributed by atoms with Crippen molar-refractivity contribution in [2.24, 2.45) is 0 Å². The van der Waals surface area contributed by atoms with Crippen LogP contribution in [-0.2, 0) is 4.74 Å². The predicted octanol–water partition coefficient (Wildman–Crippen LogP) is -0.244. The van der Waals surface area contributed by atoms with E-state index in [1.54, 1.807) is 7.11 Å². The quantitative estimate of drug-likeness (QED) is 0.707. The van der Waals surface area contributed by atoms with E-state index < -0.39 is 0 Å². The zero-order chi connectivity index (χ0) is 11.1. The van der Waals surface area contributed by atoms with Gasteiger partial charge in [0, 0.05) is 26.3 Å². The summed E-state index contributed by atoms with van der Waals surface area (Å²) in [7, 11) is 1.55. The molecule has 0 atom stereocenters.